The largest absolute Gasteiger partial charge is 0.497 e. The van der Waals surface area contributed by atoms with Gasteiger partial charge in [0.1, 0.15) is 11.5 Å². The lowest BCUT2D eigenvalue weighted by Gasteiger charge is -2.17. The predicted molar refractivity (Wildman–Crippen MR) is 103 cm³/mol. The minimum absolute atomic E-state index is 0.257. The van der Waals surface area contributed by atoms with Crippen LogP contribution in [0, 0.1) is 0 Å². The second-order valence-electron chi connectivity index (χ2n) is 5.52. The number of anilines is 2. The molecule has 2 aromatic rings. The SMILES string of the molecule is COc1cc(/C=C/C(=O)Nc2cc(Cl)ccc2N(C)C)cc(OC)c1. The van der Waals surface area contributed by atoms with E-state index in [1.54, 1.807) is 38.5 Å². The molecule has 2 aromatic carbocycles. The quantitative estimate of drug-likeness (QED) is 0.789. The lowest BCUT2D eigenvalue weighted by atomic mass is 10.2. The smallest absolute Gasteiger partial charge is 0.248 e. The summed E-state index contributed by atoms with van der Waals surface area (Å²) in [6, 6.07) is 10.8. The van der Waals surface area contributed by atoms with Crippen LogP contribution in [0.15, 0.2) is 42.5 Å². The number of hydrogen-bond acceptors (Lipinski definition) is 4. The van der Waals surface area contributed by atoms with Crippen LogP contribution in [0.2, 0.25) is 5.02 Å². The van der Waals surface area contributed by atoms with Gasteiger partial charge in [0.15, 0.2) is 0 Å². The number of nitrogens with zero attached hydrogens (tertiary/aromatic N) is 1. The summed E-state index contributed by atoms with van der Waals surface area (Å²) in [5, 5.41) is 3.40. The Labute approximate surface area is 152 Å². The third kappa shape index (κ3) is 5.16. The van der Waals surface area contributed by atoms with Gasteiger partial charge < -0.3 is 19.7 Å². The molecule has 0 aliphatic carbocycles. The van der Waals surface area contributed by atoms with Crippen LogP contribution in [0.5, 0.6) is 11.5 Å². The first-order chi connectivity index (χ1) is 11.9. The number of hydrogen-bond donors (Lipinski definition) is 1. The number of rotatable bonds is 6. The van der Waals surface area contributed by atoms with Crippen molar-refractivity contribution >= 4 is 35.0 Å². The number of halogens is 1. The van der Waals surface area contributed by atoms with Crippen molar-refractivity contribution in [3.8, 4) is 11.5 Å². The first-order valence-corrected chi connectivity index (χ1v) is 7.99. The molecule has 0 bridgehead atoms. The first-order valence-electron chi connectivity index (χ1n) is 7.62. The fraction of sp³-hybridized carbons (Fsp3) is 0.211. The summed E-state index contributed by atoms with van der Waals surface area (Å²) in [5.41, 5.74) is 2.31. The molecule has 0 saturated heterocycles. The van der Waals surface area contributed by atoms with Gasteiger partial charge in [0.05, 0.1) is 25.6 Å². The van der Waals surface area contributed by atoms with Crippen LogP contribution in [0.3, 0.4) is 0 Å². The standard InChI is InChI=1S/C19H21ClN2O3/c1-22(2)18-7-6-14(20)11-17(18)21-19(23)8-5-13-9-15(24-3)12-16(10-13)25-4/h5-12H,1-4H3,(H,21,23)/b8-5+. The van der Waals surface area contributed by atoms with Gasteiger partial charge in [0, 0.05) is 31.3 Å². The average molecular weight is 361 g/mol. The van der Waals surface area contributed by atoms with Crippen molar-refractivity contribution in [2.45, 2.75) is 0 Å². The van der Waals surface area contributed by atoms with Gasteiger partial charge in [-0.25, -0.2) is 0 Å². The lowest BCUT2D eigenvalue weighted by Crippen LogP contribution is -2.15. The maximum atomic E-state index is 12.3. The maximum Gasteiger partial charge on any atom is 0.248 e. The molecule has 1 amide bonds. The topological polar surface area (TPSA) is 50.8 Å². The molecular formula is C19H21ClN2O3. The Morgan fingerprint density at radius 1 is 1.08 bits per heavy atom. The van der Waals surface area contributed by atoms with Gasteiger partial charge in [-0.1, -0.05) is 11.6 Å². The number of ether oxygens (including phenoxy) is 2. The Morgan fingerprint density at radius 2 is 1.72 bits per heavy atom. The molecule has 0 radical (unpaired) electrons. The van der Waals surface area contributed by atoms with Crippen LogP contribution in [0.4, 0.5) is 11.4 Å². The highest BCUT2D eigenvalue weighted by Gasteiger charge is 2.08. The molecule has 0 aliphatic rings. The lowest BCUT2D eigenvalue weighted by molar-refractivity contribution is -0.111. The minimum atomic E-state index is -0.257. The molecule has 0 spiro atoms. The molecule has 1 N–H and O–H groups in total. The van der Waals surface area contributed by atoms with E-state index in [1.807, 2.05) is 37.2 Å². The molecule has 0 atom stereocenters. The molecule has 0 aromatic heterocycles. The van der Waals surface area contributed by atoms with E-state index in [1.165, 1.54) is 6.08 Å². The van der Waals surface area contributed by atoms with Crippen molar-refractivity contribution in [3.05, 3.63) is 53.1 Å². The highest BCUT2D eigenvalue weighted by atomic mass is 35.5. The summed E-state index contributed by atoms with van der Waals surface area (Å²) in [4.78, 5) is 14.2. The van der Waals surface area contributed by atoms with Crippen LogP contribution in [-0.4, -0.2) is 34.2 Å². The van der Waals surface area contributed by atoms with E-state index in [0.29, 0.717) is 22.2 Å². The fourth-order valence-corrected chi connectivity index (χ4v) is 2.44. The summed E-state index contributed by atoms with van der Waals surface area (Å²) in [7, 11) is 6.96. The van der Waals surface area contributed by atoms with E-state index >= 15 is 0 Å². The first kappa shape index (κ1) is 18.7. The molecule has 0 saturated carbocycles. The summed E-state index contributed by atoms with van der Waals surface area (Å²) in [5.74, 6) is 1.06. The fourth-order valence-electron chi connectivity index (χ4n) is 2.27. The van der Waals surface area contributed by atoms with E-state index in [2.05, 4.69) is 5.32 Å². The maximum absolute atomic E-state index is 12.3. The van der Waals surface area contributed by atoms with Crippen LogP contribution in [0.25, 0.3) is 6.08 Å². The Morgan fingerprint density at radius 3 is 2.28 bits per heavy atom. The van der Waals surface area contributed by atoms with Gasteiger partial charge in [-0.3, -0.25) is 4.79 Å². The summed E-state index contributed by atoms with van der Waals surface area (Å²) in [6.07, 6.45) is 3.15. The molecule has 0 fully saturated rings. The van der Waals surface area contributed by atoms with Gasteiger partial charge >= 0.3 is 0 Å². The zero-order chi connectivity index (χ0) is 18.4. The van der Waals surface area contributed by atoms with Crippen molar-refractivity contribution in [3.63, 3.8) is 0 Å². The Hall–Kier alpha value is -2.66. The molecule has 5 nitrogen and oxygen atoms in total. The number of benzene rings is 2. The van der Waals surface area contributed by atoms with Crippen molar-refractivity contribution in [1.29, 1.82) is 0 Å². The van der Waals surface area contributed by atoms with Crippen LogP contribution < -0.4 is 19.7 Å². The van der Waals surface area contributed by atoms with E-state index in [9.17, 15) is 4.79 Å². The van der Waals surface area contributed by atoms with Crippen molar-refractivity contribution < 1.29 is 14.3 Å². The van der Waals surface area contributed by atoms with E-state index in [0.717, 1.165) is 11.3 Å². The van der Waals surface area contributed by atoms with E-state index in [4.69, 9.17) is 21.1 Å². The highest BCUT2D eigenvalue weighted by Crippen LogP contribution is 2.28. The molecule has 0 unspecified atom stereocenters. The molecule has 132 valence electrons. The molecule has 0 heterocycles. The van der Waals surface area contributed by atoms with Gasteiger partial charge in [-0.05, 0) is 42.0 Å². The summed E-state index contributed by atoms with van der Waals surface area (Å²) < 4.78 is 10.4. The van der Waals surface area contributed by atoms with Crippen LogP contribution in [-0.2, 0) is 4.79 Å². The third-order valence-electron chi connectivity index (χ3n) is 3.50. The van der Waals surface area contributed by atoms with E-state index < -0.39 is 0 Å². The van der Waals surface area contributed by atoms with Gasteiger partial charge in [0.2, 0.25) is 5.91 Å². The van der Waals surface area contributed by atoms with Crippen LogP contribution >= 0.6 is 11.6 Å². The zero-order valence-corrected chi connectivity index (χ0v) is 15.4. The molecule has 0 aliphatic heterocycles. The monoisotopic (exact) mass is 360 g/mol. The average Bonchev–Trinajstić information content (AvgIpc) is 2.59. The number of carbonyl (C=O) groups is 1. The van der Waals surface area contributed by atoms with Gasteiger partial charge in [-0.15, -0.1) is 0 Å². The molecule has 25 heavy (non-hydrogen) atoms. The molecule has 6 heteroatoms. The minimum Gasteiger partial charge on any atom is -0.497 e. The number of methoxy groups -OCH3 is 2. The van der Waals surface area contributed by atoms with Crippen molar-refractivity contribution in [2.75, 3.05) is 38.5 Å². The molecular weight excluding hydrogens is 340 g/mol. The number of nitrogens with one attached hydrogen (secondary N) is 1. The summed E-state index contributed by atoms with van der Waals surface area (Å²) in [6.45, 7) is 0. The Balaban J connectivity index is 2.18. The van der Waals surface area contributed by atoms with Crippen molar-refractivity contribution in [1.82, 2.24) is 0 Å². The highest BCUT2D eigenvalue weighted by molar-refractivity contribution is 6.31. The van der Waals surface area contributed by atoms with Gasteiger partial charge in [0.25, 0.3) is 0 Å². The number of carbonyl (C=O) groups excluding carboxylic acids is 1. The second kappa shape index (κ2) is 8.44. The van der Waals surface area contributed by atoms with Crippen molar-refractivity contribution in [2.24, 2.45) is 0 Å². The Bertz CT molecular complexity index is 766. The summed E-state index contributed by atoms with van der Waals surface area (Å²) >= 11 is 6.03. The normalized spacial score (nSPS) is 10.6. The third-order valence-corrected chi connectivity index (χ3v) is 3.73. The van der Waals surface area contributed by atoms with E-state index in [-0.39, 0.29) is 5.91 Å². The van der Waals surface area contributed by atoms with Gasteiger partial charge in [-0.2, -0.15) is 0 Å². The zero-order valence-electron chi connectivity index (χ0n) is 14.7. The predicted octanol–water partition coefficient (Wildman–Crippen LogP) is 4.08. The Kier molecular flexibility index (Phi) is 6.31. The van der Waals surface area contributed by atoms with Crippen LogP contribution in [0.1, 0.15) is 5.56 Å². The second-order valence-corrected chi connectivity index (χ2v) is 5.96. The number of amides is 1. The molecule has 2 rings (SSSR count).